The van der Waals surface area contributed by atoms with Crippen LogP contribution in [0.4, 0.5) is 5.95 Å². The number of hydrogen-bond acceptors (Lipinski definition) is 7. The zero-order valence-electron chi connectivity index (χ0n) is 16.6. The van der Waals surface area contributed by atoms with Crippen molar-refractivity contribution in [1.29, 1.82) is 0 Å². The third-order valence-electron chi connectivity index (χ3n) is 4.49. The van der Waals surface area contributed by atoms with E-state index in [4.69, 9.17) is 16.3 Å². The molecule has 1 amide bonds. The Kier molecular flexibility index (Phi) is 7.65. The van der Waals surface area contributed by atoms with Gasteiger partial charge >= 0.3 is 5.97 Å². The van der Waals surface area contributed by atoms with Gasteiger partial charge in [-0.1, -0.05) is 53.1 Å². The molecule has 10 nitrogen and oxygen atoms in total. The summed E-state index contributed by atoms with van der Waals surface area (Å²) >= 11 is 6.06. The number of nitrogens with zero attached hydrogens (tertiary/aromatic N) is 3. The summed E-state index contributed by atoms with van der Waals surface area (Å²) in [7, 11) is 1.39. The third kappa shape index (κ3) is 6.32. The first kappa shape index (κ1) is 22.3. The second kappa shape index (κ2) is 10.6. The van der Waals surface area contributed by atoms with Crippen molar-refractivity contribution in [3.8, 4) is 11.1 Å². The smallest absolute Gasteiger partial charge is 0.323 e. The molecule has 0 aliphatic heterocycles. The van der Waals surface area contributed by atoms with Crippen molar-refractivity contribution in [3.63, 3.8) is 0 Å². The molecule has 1 unspecified atom stereocenters. The summed E-state index contributed by atoms with van der Waals surface area (Å²) in [5.41, 5.74) is 2.77. The van der Waals surface area contributed by atoms with Crippen LogP contribution < -0.4 is 10.6 Å². The normalized spacial score (nSPS) is 12.8. The summed E-state index contributed by atoms with van der Waals surface area (Å²) < 4.78 is 4.95. The van der Waals surface area contributed by atoms with Gasteiger partial charge in [0.15, 0.2) is 0 Å². The molecule has 0 saturated heterocycles. The number of methoxy groups -OCH3 is 1. The van der Waals surface area contributed by atoms with Gasteiger partial charge in [-0.15, -0.1) is 0 Å². The molecule has 1 aromatic heterocycles. The standard InChI is InChI=1S/C20H21ClN6O4/c1-31-11-17(19(29)30)22-16(18(28)23-20-24-26-27-25-20)9-12-5-7-13(8-6-12)14-3-2-4-15(21)10-14/h2-8,10,16-17,22H,9,11H2,1H3,(H,29,30)(H2,23,24,25,26,27,28)/t16-,17?/m0/s1. The number of amides is 1. The Labute approximate surface area is 183 Å². The van der Waals surface area contributed by atoms with Crippen LogP contribution in [0.1, 0.15) is 5.56 Å². The number of rotatable bonds is 10. The highest BCUT2D eigenvalue weighted by atomic mass is 35.5. The van der Waals surface area contributed by atoms with E-state index in [0.29, 0.717) is 5.02 Å². The lowest BCUT2D eigenvalue weighted by Crippen LogP contribution is -2.52. The number of anilines is 1. The summed E-state index contributed by atoms with van der Waals surface area (Å²) in [6, 6.07) is 13.1. The fourth-order valence-corrected chi connectivity index (χ4v) is 3.17. The average Bonchev–Trinajstić information content (AvgIpc) is 3.26. The van der Waals surface area contributed by atoms with Gasteiger partial charge in [0.05, 0.1) is 12.6 Å². The summed E-state index contributed by atoms with van der Waals surface area (Å²) in [4.78, 5) is 24.3. The van der Waals surface area contributed by atoms with Gasteiger partial charge in [0.2, 0.25) is 11.9 Å². The highest BCUT2D eigenvalue weighted by molar-refractivity contribution is 6.30. The van der Waals surface area contributed by atoms with E-state index in [9.17, 15) is 14.7 Å². The maximum absolute atomic E-state index is 12.8. The first-order valence-electron chi connectivity index (χ1n) is 9.33. The molecule has 4 N–H and O–H groups in total. The van der Waals surface area contributed by atoms with Crippen LogP contribution in [0.25, 0.3) is 11.1 Å². The summed E-state index contributed by atoms with van der Waals surface area (Å²) in [5.74, 6) is -1.55. The maximum atomic E-state index is 12.8. The highest BCUT2D eigenvalue weighted by Gasteiger charge is 2.27. The molecule has 0 bridgehead atoms. The first-order valence-corrected chi connectivity index (χ1v) is 9.71. The minimum atomic E-state index is -1.13. The van der Waals surface area contributed by atoms with Crippen LogP contribution in [0.2, 0.25) is 5.02 Å². The zero-order valence-corrected chi connectivity index (χ0v) is 17.3. The van der Waals surface area contributed by atoms with Crippen molar-refractivity contribution < 1.29 is 19.4 Å². The first-order chi connectivity index (χ1) is 15.0. The number of nitrogens with one attached hydrogen (secondary N) is 3. The number of aliphatic carboxylic acids is 1. The Hall–Kier alpha value is -3.34. The third-order valence-corrected chi connectivity index (χ3v) is 4.72. The van der Waals surface area contributed by atoms with Gasteiger partial charge in [-0.05, 0) is 45.7 Å². The van der Waals surface area contributed by atoms with Crippen molar-refractivity contribution in [3.05, 3.63) is 59.1 Å². The quantitative estimate of drug-likeness (QED) is 0.370. The number of H-pyrrole nitrogens is 1. The Morgan fingerprint density at radius 1 is 1.16 bits per heavy atom. The van der Waals surface area contributed by atoms with E-state index in [2.05, 4.69) is 31.3 Å². The predicted octanol–water partition coefficient (Wildman–Crippen LogP) is 1.76. The summed E-state index contributed by atoms with van der Waals surface area (Å²) in [5, 5.41) is 28.3. The lowest BCUT2D eigenvalue weighted by molar-refractivity contribution is -0.141. The van der Waals surface area contributed by atoms with E-state index in [1.165, 1.54) is 7.11 Å². The molecule has 0 saturated carbocycles. The van der Waals surface area contributed by atoms with Crippen molar-refractivity contribution in [2.24, 2.45) is 0 Å². The number of benzene rings is 2. The Balaban J connectivity index is 1.77. The van der Waals surface area contributed by atoms with Crippen LogP contribution in [0, 0.1) is 0 Å². The molecule has 162 valence electrons. The Morgan fingerprint density at radius 3 is 2.55 bits per heavy atom. The fourth-order valence-electron chi connectivity index (χ4n) is 2.98. The molecule has 3 aromatic rings. The van der Waals surface area contributed by atoms with Crippen molar-refractivity contribution in [2.45, 2.75) is 18.5 Å². The highest BCUT2D eigenvalue weighted by Crippen LogP contribution is 2.23. The number of hydrogen-bond donors (Lipinski definition) is 4. The van der Waals surface area contributed by atoms with Gasteiger partial charge in [-0.25, -0.2) is 5.10 Å². The molecule has 2 atom stereocenters. The van der Waals surface area contributed by atoms with Crippen molar-refractivity contribution in [1.82, 2.24) is 25.9 Å². The summed E-state index contributed by atoms with van der Waals surface area (Å²) in [6.45, 7) is -0.101. The molecule has 2 aromatic carbocycles. The number of carboxylic acids is 1. The Morgan fingerprint density at radius 2 is 1.94 bits per heavy atom. The number of carbonyl (C=O) groups is 2. The molecular formula is C20H21ClN6O4. The maximum Gasteiger partial charge on any atom is 0.323 e. The van der Waals surface area contributed by atoms with Gasteiger partial charge in [-0.2, -0.15) is 0 Å². The number of aromatic nitrogens is 4. The van der Waals surface area contributed by atoms with E-state index in [1.54, 1.807) is 6.07 Å². The lowest BCUT2D eigenvalue weighted by Gasteiger charge is -2.22. The fraction of sp³-hybridized carbons (Fsp3) is 0.250. The number of carboxylic acid groups (broad SMARTS) is 1. The largest absolute Gasteiger partial charge is 0.480 e. The van der Waals surface area contributed by atoms with Crippen LogP contribution >= 0.6 is 11.6 Å². The SMILES string of the molecule is COCC(N[C@@H](Cc1ccc(-c2cccc(Cl)c2)cc1)C(=O)Nc1nnn[nH]1)C(=O)O. The monoisotopic (exact) mass is 444 g/mol. The van der Waals surface area contributed by atoms with E-state index < -0.39 is 24.0 Å². The van der Waals surface area contributed by atoms with Gasteiger partial charge < -0.3 is 9.84 Å². The minimum absolute atomic E-state index is 0.0618. The molecule has 0 radical (unpaired) electrons. The molecule has 0 aliphatic rings. The van der Waals surface area contributed by atoms with Crippen LogP contribution in [0.15, 0.2) is 48.5 Å². The number of halogens is 1. The molecule has 3 rings (SSSR count). The topological polar surface area (TPSA) is 142 Å². The van der Waals surface area contributed by atoms with Gasteiger partial charge in [0.1, 0.15) is 6.04 Å². The summed E-state index contributed by atoms with van der Waals surface area (Å²) in [6.07, 6.45) is 0.233. The molecule has 31 heavy (non-hydrogen) atoms. The number of aromatic amines is 1. The van der Waals surface area contributed by atoms with Gasteiger partial charge in [0.25, 0.3) is 0 Å². The Bertz CT molecular complexity index is 1010. The van der Waals surface area contributed by atoms with E-state index in [-0.39, 0.29) is 19.0 Å². The second-order valence-corrected chi connectivity index (χ2v) is 7.15. The molecule has 0 spiro atoms. The minimum Gasteiger partial charge on any atom is -0.480 e. The molecule has 0 fully saturated rings. The van der Waals surface area contributed by atoms with Crippen LogP contribution in [-0.2, 0) is 20.7 Å². The van der Waals surface area contributed by atoms with Crippen molar-refractivity contribution in [2.75, 3.05) is 19.0 Å². The van der Waals surface area contributed by atoms with Gasteiger partial charge in [0, 0.05) is 12.1 Å². The number of tetrazole rings is 1. The second-order valence-electron chi connectivity index (χ2n) is 6.72. The number of ether oxygens (including phenoxy) is 1. The van der Waals surface area contributed by atoms with Crippen LogP contribution in [0.5, 0.6) is 0 Å². The molecule has 0 aliphatic carbocycles. The van der Waals surface area contributed by atoms with Crippen molar-refractivity contribution >= 4 is 29.4 Å². The zero-order chi connectivity index (χ0) is 22.2. The predicted molar refractivity (Wildman–Crippen MR) is 114 cm³/mol. The van der Waals surface area contributed by atoms with E-state index >= 15 is 0 Å². The van der Waals surface area contributed by atoms with E-state index in [0.717, 1.165) is 16.7 Å². The molecule has 11 heteroatoms. The molecular weight excluding hydrogens is 424 g/mol. The molecule has 1 heterocycles. The average molecular weight is 445 g/mol. The lowest BCUT2D eigenvalue weighted by atomic mass is 10.00. The number of carbonyl (C=O) groups excluding carboxylic acids is 1. The van der Waals surface area contributed by atoms with Gasteiger partial charge in [-0.3, -0.25) is 20.2 Å². The van der Waals surface area contributed by atoms with E-state index in [1.807, 2.05) is 42.5 Å². The van der Waals surface area contributed by atoms with Crippen LogP contribution in [-0.4, -0.2) is 63.4 Å². The van der Waals surface area contributed by atoms with Crippen LogP contribution in [0.3, 0.4) is 0 Å².